The summed E-state index contributed by atoms with van der Waals surface area (Å²) in [6.45, 7) is 4.04. The number of carbonyl (C=O) groups is 2. The van der Waals surface area contributed by atoms with Gasteiger partial charge in [0.05, 0.1) is 27.7 Å². The van der Waals surface area contributed by atoms with E-state index in [1.807, 2.05) is 21.1 Å². The highest BCUT2D eigenvalue weighted by Gasteiger charge is 2.21. The van der Waals surface area contributed by atoms with Gasteiger partial charge in [0.1, 0.15) is 19.8 Å². The molecule has 0 aliphatic carbocycles. The van der Waals surface area contributed by atoms with Crippen molar-refractivity contribution in [2.45, 2.75) is 174 Å². The zero-order valence-electron chi connectivity index (χ0n) is 37.5. The van der Waals surface area contributed by atoms with Crippen LogP contribution in [0.15, 0.2) is 72.9 Å². The second-order valence-corrected chi connectivity index (χ2v) is 17.4. The van der Waals surface area contributed by atoms with Crippen LogP contribution in [0.5, 0.6) is 0 Å². The topological polar surface area (TPSA) is 111 Å². The standard InChI is InChI=1S/C48H84NO8P/c1-6-8-10-12-14-16-18-20-22-23-24-25-27-28-30-32-34-36-38-40-47(50)54-44-46(45-56-58(52,53)55-43-42-49(3,4)5)57-48(51)41-39-37-35-33-31-29-26-21-19-17-15-13-11-9-7-2/h8,10,14,16,20,22,24-25,28-31,46H,6-7,9,11-13,15,17-19,21,23,26-27,32-45H2,1-5H3/b10-8+,16-14+,22-20+,25-24+,30-28+,31-29+/t46-/m1/s1. The Balaban J connectivity index is 4.44. The van der Waals surface area contributed by atoms with Crippen LogP contribution in [-0.2, 0) is 32.7 Å². The maximum Gasteiger partial charge on any atom is 0.306 e. The van der Waals surface area contributed by atoms with Crippen LogP contribution in [-0.4, -0.2) is 70.0 Å². The minimum atomic E-state index is -4.64. The molecule has 0 spiro atoms. The van der Waals surface area contributed by atoms with E-state index in [2.05, 4.69) is 86.8 Å². The lowest BCUT2D eigenvalue weighted by molar-refractivity contribution is -0.870. The van der Waals surface area contributed by atoms with Crippen LogP contribution in [0.25, 0.3) is 0 Å². The summed E-state index contributed by atoms with van der Waals surface area (Å²) in [7, 11) is 1.13. The molecular formula is C48H84NO8P. The molecule has 334 valence electrons. The molecule has 0 N–H and O–H groups in total. The molecule has 2 atom stereocenters. The van der Waals surface area contributed by atoms with Crippen molar-refractivity contribution < 1.29 is 42.1 Å². The summed E-state index contributed by atoms with van der Waals surface area (Å²) in [6, 6.07) is 0. The fourth-order valence-electron chi connectivity index (χ4n) is 5.67. The molecular weight excluding hydrogens is 750 g/mol. The molecule has 0 aromatic heterocycles. The third-order valence-corrected chi connectivity index (χ3v) is 10.2. The Hall–Kier alpha value is -2.55. The Bertz CT molecular complexity index is 1220. The van der Waals surface area contributed by atoms with Crippen molar-refractivity contribution in [3.8, 4) is 0 Å². The van der Waals surface area contributed by atoms with E-state index in [9.17, 15) is 19.0 Å². The maximum atomic E-state index is 12.7. The summed E-state index contributed by atoms with van der Waals surface area (Å²) in [6.07, 6.45) is 49.3. The summed E-state index contributed by atoms with van der Waals surface area (Å²) in [5.41, 5.74) is 0. The lowest BCUT2D eigenvalue weighted by atomic mass is 10.1. The molecule has 0 heterocycles. The van der Waals surface area contributed by atoms with Crippen LogP contribution in [0.3, 0.4) is 0 Å². The molecule has 0 saturated heterocycles. The number of phosphoric ester groups is 1. The Kier molecular flexibility index (Phi) is 38.1. The molecule has 0 fully saturated rings. The van der Waals surface area contributed by atoms with E-state index in [0.29, 0.717) is 23.9 Å². The third kappa shape index (κ3) is 43.0. The summed E-state index contributed by atoms with van der Waals surface area (Å²) >= 11 is 0. The van der Waals surface area contributed by atoms with Gasteiger partial charge >= 0.3 is 11.9 Å². The first kappa shape index (κ1) is 55.5. The van der Waals surface area contributed by atoms with Crippen molar-refractivity contribution in [3.05, 3.63) is 72.9 Å². The number of hydrogen-bond donors (Lipinski definition) is 0. The number of nitrogens with zero attached hydrogens (tertiary/aromatic N) is 1. The fourth-order valence-corrected chi connectivity index (χ4v) is 6.40. The lowest BCUT2D eigenvalue weighted by Crippen LogP contribution is -2.37. The largest absolute Gasteiger partial charge is 0.756 e. The average Bonchev–Trinajstić information content (AvgIpc) is 3.17. The molecule has 0 radical (unpaired) electrons. The average molecular weight is 834 g/mol. The second-order valence-electron chi connectivity index (χ2n) is 16.0. The van der Waals surface area contributed by atoms with E-state index < -0.39 is 32.5 Å². The number of quaternary nitrogens is 1. The number of unbranched alkanes of at least 4 members (excludes halogenated alkanes) is 14. The summed E-state index contributed by atoms with van der Waals surface area (Å²) in [5.74, 6) is -0.896. The third-order valence-electron chi connectivity index (χ3n) is 9.21. The van der Waals surface area contributed by atoms with E-state index in [4.69, 9.17) is 18.5 Å². The number of hydrogen-bond acceptors (Lipinski definition) is 8. The van der Waals surface area contributed by atoms with Gasteiger partial charge in [0, 0.05) is 12.8 Å². The normalized spacial score (nSPS) is 14.2. The number of rotatable bonds is 40. The minimum absolute atomic E-state index is 0.0425. The van der Waals surface area contributed by atoms with Gasteiger partial charge in [-0.1, -0.05) is 145 Å². The Labute approximate surface area is 355 Å². The zero-order valence-corrected chi connectivity index (χ0v) is 38.4. The van der Waals surface area contributed by atoms with E-state index in [1.165, 1.54) is 51.4 Å². The van der Waals surface area contributed by atoms with Gasteiger partial charge in [-0.05, 0) is 83.5 Å². The van der Waals surface area contributed by atoms with Crippen LogP contribution >= 0.6 is 7.82 Å². The van der Waals surface area contributed by atoms with Gasteiger partial charge in [-0.3, -0.25) is 14.2 Å². The van der Waals surface area contributed by atoms with Crippen LogP contribution in [0.1, 0.15) is 168 Å². The highest BCUT2D eigenvalue weighted by Crippen LogP contribution is 2.38. The predicted molar refractivity (Wildman–Crippen MR) is 240 cm³/mol. The van der Waals surface area contributed by atoms with E-state index in [0.717, 1.165) is 77.0 Å². The monoisotopic (exact) mass is 834 g/mol. The SMILES string of the molecule is CC/C=C/C/C=C/C/C=C/C/C=C/C/C=C/CCCCCC(=O)OC[C@H](COP(=O)([O-])OCC[N+](C)(C)C)OC(=O)CCCCC/C=C/CCCCCCCCCC. The van der Waals surface area contributed by atoms with E-state index in [-0.39, 0.29) is 26.1 Å². The Morgan fingerprint density at radius 2 is 0.983 bits per heavy atom. The molecule has 0 aliphatic rings. The molecule has 0 amide bonds. The van der Waals surface area contributed by atoms with Crippen molar-refractivity contribution >= 4 is 19.8 Å². The quantitative estimate of drug-likeness (QED) is 0.0197. The first-order chi connectivity index (χ1) is 28.0. The molecule has 0 aromatic carbocycles. The summed E-state index contributed by atoms with van der Waals surface area (Å²) < 4.78 is 33.9. The molecule has 9 nitrogen and oxygen atoms in total. The van der Waals surface area contributed by atoms with Gasteiger partial charge in [0.25, 0.3) is 7.82 Å². The van der Waals surface area contributed by atoms with Crippen molar-refractivity contribution in [1.82, 2.24) is 0 Å². The van der Waals surface area contributed by atoms with Crippen LogP contribution in [0.2, 0.25) is 0 Å². The second kappa shape index (κ2) is 39.9. The van der Waals surface area contributed by atoms with Crippen molar-refractivity contribution in [3.63, 3.8) is 0 Å². The predicted octanol–water partition coefficient (Wildman–Crippen LogP) is 12.4. The summed E-state index contributed by atoms with van der Waals surface area (Å²) in [4.78, 5) is 37.5. The summed E-state index contributed by atoms with van der Waals surface area (Å²) in [5, 5.41) is 0. The highest BCUT2D eigenvalue weighted by atomic mass is 31.2. The molecule has 0 aromatic rings. The fraction of sp³-hybridized carbons (Fsp3) is 0.708. The number of ether oxygens (including phenoxy) is 2. The first-order valence-corrected chi connectivity index (χ1v) is 24.1. The molecule has 0 saturated carbocycles. The van der Waals surface area contributed by atoms with Gasteiger partial charge in [0.2, 0.25) is 0 Å². The first-order valence-electron chi connectivity index (χ1n) is 22.6. The van der Waals surface area contributed by atoms with E-state index in [1.54, 1.807) is 0 Å². The minimum Gasteiger partial charge on any atom is -0.756 e. The van der Waals surface area contributed by atoms with Gasteiger partial charge in [-0.2, -0.15) is 0 Å². The number of esters is 2. The Morgan fingerprint density at radius 3 is 1.48 bits per heavy atom. The smallest absolute Gasteiger partial charge is 0.306 e. The van der Waals surface area contributed by atoms with Gasteiger partial charge < -0.3 is 27.9 Å². The van der Waals surface area contributed by atoms with Crippen LogP contribution < -0.4 is 4.89 Å². The highest BCUT2D eigenvalue weighted by molar-refractivity contribution is 7.45. The van der Waals surface area contributed by atoms with Gasteiger partial charge in [-0.15, -0.1) is 0 Å². The van der Waals surface area contributed by atoms with Crippen LogP contribution in [0, 0.1) is 0 Å². The number of likely N-dealkylation sites (N-methyl/N-ethyl adjacent to an activating group) is 1. The molecule has 58 heavy (non-hydrogen) atoms. The van der Waals surface area contributed by atoms with Gasteiger partial charge in [-0.25, -0.2) is 0 Å². The number of allylic oxidation sites excluding steroid dienone is 12. The Morgan fingerprint density at radius 1 is 0.552 bits per heavy atom. The molecule has 1 unspecified atom stereocenters. The molecule has 0 bridgehead atoms. The van der Waals surface area contributed by atoms with Crippen molar-refractivity contribution in [2.24, 2.45) is 0 Å². The molecule has 0 rings (SSSR count). The van der Waals surface area contributed by atoms with Gasteiger partial charge in [0.15, 0.2) is 6.10 Å². The van der Waals surface area contributed by atoms with Crippen molar-refractivity contribution in [1.29, 1.82) is 0 Å². The molecule has 0 aliphatic heterocycles. The maximum absolute atomic E-state index is 12.7. The zero-order chi connectivity index (χ0) is 42.8. The number of phosphoric acid groups is 1. The lowest BCUT2D eigenvalue weighted by Gasteiger charge is -2.28. The molecule has 10 heteroatoms. The van der Waals surface area contributed by atoms with E-state index >= 15 is 0 Å². The van der Waals surface area contributed by atoms with Crippen molar-refractivity contribution in [2.75, 3.05) is 47.5 Å². The number of carbonyl (C=O) groups excluding carboxylic acids is 2. The van der Waals surface area contributed by atoms with Crippen LogP contribution in [0.4, 0.5) is 0 Å².